The maximum atomic E-state index is 12.5. The summed E-state index contributed by atoms with van der Waals surface area (Å²) in [5, 5.41) is 23.4. The van der Waals surface area contributed by atoms with Crippen molar-refractivity contribution >= 4 is 35.0 Å². The second-order valence-corrected chi connectivity index (χ2v) is 6.41. The van der Waals surface area contributed by atoms with Crippen LogP contribution >= 0.6 is 11.6 Å². The summed E-state index contributed by atoms with van der Waals surface area (Å²) in [6.07, 6.45) is 1.27. The molecule has 1 amide bonds. The molecule has 1 N–H and O–H groups in total. The van der Waals surface area contributed by atoms with Gasteiger partial charge in [-0.25, -0.2) is 0 Å². The van der Waals surface area contributed by atoms with Crippen LogP contribution in [0.4, 0.5) is 11.4 Å². The summed E-state index contributed by atoms with van der Waals surface area (Å²) in [7, 11) is 1.36. The minimum absolute atomic E-state index is 0.0666. The van der Waals surface area contributed by atoms with Crippen LogP contribution in [-0.2, 0) is 4.79 Å². The van der Waals surface area contributed by atoms with E-state index in [0.717, 1.165) is 11.6 Å². The number of nitrogens with zero attached hydrogens (tertiary/aromatic N) is 2. The van der Waals surface area contributed by atoms with Gasteiger partial charge in [-0.2, -0.15) is 5.26 Å². The van der Waals surface area contributed by atoms with Crippen molar-refractivity contribution in [2.75, 3.05) is 12.4 Å². The quantitative estimate of drug-likeness (QED) is 0.256. The van der Waals surface area contributed by atoms with E-state index in [1.807, 2.05) is 6.07 Å². The van der Waals surface area contributed by atoms with Gasteiger partial charge in [-0.05, 0) is 30.3 Å². The number of rotatable bonds is 6. The monoisotopic (exact) mass is 423 g/mol. The smallest absolute Gasteiger partial charge is 0.271 e. The molecule has 2 aromatic carbocycles. The van der Waals surface area contributed by atoms with Crippen molar-refractivity contribution in [3.8, 4) is 23.1 Å². The number of furan rings is 1. The number of halogens is 1. The van der Waals surface area contributed by atoms with Crippen molar-refractivity contribution in [1.82, 2.24) is 0 Å². The lowest BCUT2D eigenvalue weighted by atomic mass is 10.2. The Kier molecular flexibility index (Phi) is 6.15. The molecule has 1 aromatic heterocycles. The molecule has 3 rings (SSSR count). The Morgan fingerprint density at radius 2 is 2.07 bits per heavy atom. The molecule has 0 bridgehead atoms. The lowest BCUT2D eigenvalue weighted by molar-refractivity contribution is -0.384. The minimum atomic E-state index is -0.767. The lowest BCUT2D eigenvalue weighted by Crippen LogP contribution is -2.14. The SMILES string of the molecule is COc1ccc([N+](=O)[O-])cc1NC(=O)/C(C#N)=C/c1ccc(-c2cccc(Cl)c2)o1. The summed E-state index contributed by atoms with van der Waals surface area (Å²) in [6, 6.07) is 15.9. The molecule has 0 atom stereocenters. The molecule has 0 aliphatic rings. The average Bonchev–Trinajstić information content (AvgIpc) is 3.20. The summed E-state index contributed by atoms with van der Waals surface area (Å²) in [4.78, 5) is 22.9. The molecule has 8 nitrogen and oxygen atoms in total. The van der Waals surface area contributed by atoms with Crippen LogP contribution in [0.1, 0.15) is 5.76 Å². The number of nitrogens with one attached hydrogen (secondary N) is 1. The number of ether oxygens (including phenoxy) is 1. The largest absolute Gasteiger partial charge is 0.495 e. The molecule has 0 aliphatic carbocycles. The molecule has 30 heavy (non-hydrogen) atoms. The first-order valence-corrected chi connectivity index (χ1v) is 8.90. The average molecular weight is 424 g/mol. The van der Waals surface area contributed by atoms with E-state index in [0.29, 0.717) is 10.8 Å². The van der Waals surface area contributed by atoms with Crippen molar-refractivity contribution in [3.05, 3.63) is 81.1 Å². The van der Waals surface area contributed by atoms with Crippen LogP contribution in [-0.4, -0.2) is 17.9 Å². The van der Waals surface area contributed by atoms with Gasteiger partial charge in [0.05, 0.1) is 17.7 Å². The molecule has 0 aliphatic heterocycles. The number of hydrogen-bond donors (Lipinski definition) is 1. The fourth-order valence-corrected chi connectivity index (χ4v) is 2.81. The van der Waals surface area contributed by atoms with Crippen LogP contribution in [0.5, 0.6) is 5.75 Å². The molecule has 0 fully saturated rings. The van der Waals surface area contributed by atoms with Gasteiger partial charge in [0, 0.05) is 28.8 Å². The maximum absolute atomic E-state index is 12.5. The Morgan fingerprint density at radius 1 is 1.27 bits per heavy atom. The van der Waals surface area contributed by atoms with E-state index < -0.39 is 10.8 Å². The Balaban J connectivity index is 1.85. The first-order chi connectivity index (χ1) is 14.4. The number of nitriles is 1. The standard InChI is InChI=1S/C21H14ClN3O5/c1-29-20-7-5-16(25(27)28)11-18(20)24-21(26)14(12-23)10-17-6-8-19(30-17)13-3-2-4-15(22)9-13/h2-11H,1H3,(H,24,26)/b14-10+. The lowest BCUT2D eigenvalue weighted by Gasteiger charge is -2.09. The number of amides is 1. The number of carbonyl (C=O) groups excluding carboxylic acids is 1. The second-order valence-electron chi connectivity index (χ2n) is 5.98. The number of anilines is 1. The number of hydrogen-bond acceptors (Lipinski definition) is 6. The van der Waals surface area contributed by atoms with Crippen LogP contribution in [0.15, 0.2) is 64.6 Å². The fourth-order valence-electron chi connectivity index (χ4n) is 2.62. The number of nitro groups is 1. The highest BCUT2D eigenvalue weighted by molar-refractivity contribution is 6.30. The summed E-state index contributed by atoms with van der Waals surface area (Å²) < 4.78 is 10.8. The third-order valence-corrected chi connectivity index (χ3v) is 4.26. The third-order valence-electron chi connectivity index (χ3n) is 4.03. The number of benzene rings is 2. The highest BCUT2D eigenvalue weighted by atomic mass is 35.5. The molecule has 3 aromatic rings. The van der Waals surface area contributed by atoms with Gasteiger partial charge < -0.3 is 14.5 Å². The highest BCUT2D eigenvalue weighted by Gasteiger charge is 2.17. The second kappa shape index (κ2) is 8.94. The van der Waals surface area contributed by atoms with Crippen molar-refractivity contribution in [2.45, 2.75) is 0 Å². The Labute approximate surface area is 176 Å². The fraction of sp³-hybridized carbons (Fsp3) is 0.0476. The number of non-ortho nitro benzene ring substituents is 1. The zero-order valence-corrected chi connectivity index (χ0v) is 16.3. The van der Waals surface area contributed by atoms with Gasteiger partial charge in [0.2, 0.25) is 0 Å². The van der Waals surface area contributed by atoms with Gasteiger partial charge in [0.25, 0.3) is 11.6 Å². The van der Waals surface area contributed by atoms with E-state index in [1.54, 1.807) is 36.4 Å². The van der Waals surface area contributed by atoms with Crippen molar-refractivity contribution in [1.29, 1.82) is 5.26 Å². The van der Waals surface area contributed by atoms with E-state index in [-0.39, 0.29) is 28.5 Å². The molecule has 0 unspecified atom stereocenters. The normalized spacial score (nSPS) is 10.9. The van der Waals surface area contributed by atoms with E-state index in [2.05, 4.69) is 5.32 Å². The van der Waals surface area contributed by atoms with E-state index in [9.17, 15) is 20.2 Å². The van der Waals surface area contributed by atoms with Gasteiger partial charge in [-0.15, -0.1) is 0 Å². The molecule has 0 radical (unpaired) electrons. The Bertz CT molecular complexity index is 1190. The van der Waals surface area contributed by atoms with E-state index in [4.69, 9.17) is 20.8 Å². The highest BCUT2D eigenvalue weighted by Crippen LogP contribution is 2.30. The topological polar surface area (TPSA) is 118 Å². The Morgan fingerprint density at radius 3 is 2.73 bits per heavy atom. The van der Waals surface area contributed by atoms with Gasteiger partial charge >= 0.3 is 0 Å². The van der Waals surface area contributed by atoms with E-state index >= 15 is 0 Å². The first kappa shape index (κ1) is 20.6. The predicted molar refractivity (Wildman–Crippen MR) is 111 cm³/mol. The molecule has 0 saturated heterocycles. The van der Waals surface area contributed by atoms with Crippen LogP contribution in [0.25, 0.3) is 17.4 Å². The molecule has 0 saturated carbocycles. The van der Waals surface area contributed by atoms with Crippen molar-refractivity contribution in [3.63, 3.8) is 0 Å². The first-order valence-electron chi connectivity index (χ1n) is 8.52. The minimum Gasteiger partial charge on any atom is -0.495 e. The number of methoxy groups -OCH3 is 1. The van der Waals surface area contributed by atoms with Gasteiger partial charge in [0.1, 0.15) is 28.9 Å². The Hall–Kier alpha value is -4.09. The molecular weight excluding hydrogens is 410 g/mol. The molecule has 150 valence electrons. The number of carbonyl (C=O) groups is 1. The van der Waals surface area contributed by atoms with Gasteiger partial charge in [-0.3, -0.25) is 14.9 Å². The van der Waals surface area contributed by atoms with Crippen molar-refractivity contribution in [2.24, 2.45) is 0 Å². The predicted octanol–water partition coefficient (Wildman–Crippen LogP) is 5.06. The van der Waals surface area contributed by atoms with Crippen LogP contribution in [0.2, 0.25) is 5.02 Å². The maximum Gasteiger partial charge on any atom is 0.271 e. The van der Waals surface area contributed by atoms with Crippen molar-refractivity contribution < 1.29 is 18.9 Å². The molecule has 0 spiro atoms. The van der Waals surface area contributed by atoms with Crippen LogP contribution in [0.3, 0.4) is 0 Å². The molecular formula is C21H14ClN3O5. The summed E-state index contributed by atoms with van der Waals surface area (Å²) in [5.41, 5.74) is 0.324. The summed E-state index contributed by atoms with van der Waals surface area (Å²) in [6.45, 7) is 0. The van der Waals surface area contributed by atoms with Gasteiger partial charge in [-0.1, -0.05) is 23.7 Å². The zero-order valence-electron chi connectivity index (χ0n) is 15.6. The molecule has 9 heteroatoms. The van der Waals surface area contributed by atoms with Crippen LogP contribution in [0, 0.1) is 21.4 Å². The summed E-state index contributed by atoms with van der Waals surface area (Å²) in [5.74, 6) is 0.244. The van der Waals surface area contributed by atoms with E-state index in [1.165, 1.54) is 25.3 Å². The number of nitro benzene ring substituents is 1. The summed E-state index contributed by atoms with van der Waals surface area (Å²) >= 11 is 5.98. The van der Waals surface area contributed by atoms with Gasteiger partial charge in [0.15, 0.2) is 0 Å². The van der Waals surface area contributed by atoms with Crippen LogP contribution < -0.4 is 10.1 Å². The molecule has 1 heterocycles. The zero-order chi connectivity index (χ0) is 21.7. The third kappa shape index (κ3) is 4.66.